The summed E-state index contributed by atoms with van der Waals surface area (Å²) in [5, 5.41) is 14.6. The van der Waals surface area contributed by atoms with Gasteiger partial charge in [-0.2, -0.15) is 5.26 Å². The van der Waals surface area contributed by atoms with Gasteiger partial charge in [0.25, 0.3) is 11.8 Å². The molecule has 0 bridgehead atoms. The third-order valence-corrected chi connectivity index (χ3v) is 5.22. The predicted molar refractivity (Wildman–Crippen MR) is 122 cm³/mol. The van der Waals surface area contributed by atoms with E-state index in [-0.39, 0.29) is 18.2 Å². The van der Waals surface area contributed by atoms with Gasteiger partial charge in [0.1, 0.15) is 25.4 Å². The first-order valence-corrected chi connectivity index (χ1v) is 10.7. The molecule has 1 aliphatic heterocycles. The van der Waals surface area contributed by atoms with Crippen molar-refractivity contribution in [1.82, 2.24) is 20.3 Å². The lowest BCUT2D eigenvalue weighted by Gasteiger charge is -2.22. The van der Waals surface area contributed by atoms with Gasteiger partial charge < -0.3 is 20.1 Å². The molecule has 0 saturated carbocycles. The fourth-order valence-corrected chi connectivity index (χ4v) is 3.47. The monoisotopic (exact) mass is 444 g/mol. The van der Waals surface area contributed by atoms with Crippen molar-refractivity contribution in [3.8, 4) is 29.0 Å². The number of hydrogen-bond acceptors (Lipinski definition) is 8. The van der Waals surface area contributed by atoms with Gasteiger partial charge in [-0.1, -0.05) is 19.1 Å². The molecule has 0 unspecified atom stereocenters. The van der Waals surface area contributed by atoms with Crippen molar-refractivity contribution in [2.24, 2.45) is 0 Å². The van der Waals surface area contributed by atoms with Crippen molar-refractivity contribution in [3.05, 3.63) is 60.0 Å². The molecule has 2 aromatic heterocycles. The molecule has 0 fully saturated rings. The summed E-state index contributed by atoms with van der Waals surface area (Å²) in [6, 6.07) is 13.0. The lowest BCUT2D eigenvalue weighted by molar-refractivity contribution is 0.0954. The molecule has 1 amide bonds. The number of aromatic nitrogens is 3. The zero-order chi connectivity index (χ0) is 23.0. The van der Waals surface area contributed by atoms with E-state index in [4.69, 9.17) is 14.7 Å². The molecule has 0 radical (unpaired) electrons. The van der Waals surface area contributed by atoms with Crippen molar-refractivity contribution < 1.29 is 14.3 Å². The van der Waals surface area contributed by atoms with Crippen LogP contribution in [0.5, 0.6) is 11.6 Å². The number of rotatable bonds is 8. The maximum Gasteiger partial charge on any atom is 0.257 e. The number of hydrogen-bond donors (Lipinski definition) is 2. The van der Waals surface area contributed by atoms with E-state index in [0.29, 0.717) is 49.3 Å². The number of amides is 1. The number of benzene rings is 1. The molecule has 0 saturated heterocycles. The summed E-state index contributed by atoms with van der Waals surface area (Å²) < 4.78 is 11.3. The van der Waals surface area contributed by atoms with Gasteiger partial charge in [0.2, 0.25) is 0 Å². The molecular formula is C24H24N6O3. The molecule has 4 rings (SSSR count). The first-order valence-electron chi connectivity index (χ1n) is 10.7. The topological polar surface area (TPSA) is 122 Å². The average Bonchev–Trinajstić information content (AvgIpc) is 2.87. The Morgan fingerprint density at radius 1 is 1.15 bits per heavy atom. The number of nitrogens with one attached hydrogen (secondary N) is 2. The first kappa shape index (κ1) is 22.0. The van der Waals surface area contributed by atoms with Crippen LogP contribution < -0.4 is 20.1 Å². The van der Waals surface area contributed by atoms with Crippen molar-refractivity contribution in [1.29, 1.82) is 5.26 Å². The second-order valence-corrected chi connectivity index (χ2v) is 7.54. The molecule has 168 valence electrons. The number of fused-ring (bicyclic) bond motifs is 1. The van der Waals surface area contributed by atoms with E-state index in [0.717, 1.165) is 16.8 Å². The van der Waals surface area contributed by atoms with E-state index in [1.807, 2.05) is 30.3 Å². The average molecular weight is 444 g/mol. The zero-order valence-corrected chi connectivity index (χ0v) is 18.2. The molecule has 0 aliphatic carbocycles. The van der Waals surface area contributed by atoms with Gasteiger partial charge in [-0.15, -0.1) is 0 Å². The number of ether oxygens (including phenoxy) is 2. The Balaban J connectivity index is 1.40. The number of nitriles is 1. The molecule has 1 aliphatic rings. The number of anilines is 1. The number of carbonyl (C=O) groups excluding carboxylic acids is 1. The minimum absolute atomic E-state index is 0.140. The van der Waals surface area contributed by atoms with E-state index < -0.39 is 0 Å². The molecule has 9 heteroatoms. The van der Waals surface area contributed by atoms with Gasteiger partial charge >= 0.3 is 0 Å². The van der Waals surface area contributed by atoms with Crippen LogP contribution in [0.4, 0.5) is 5.82 Å². The fraction of sp³-hybridized carbons (Fsp3) is 0.292. The van der Waals surface area contributed by atoms with Crippen LogP contribution in [0.3, 0.4) is 0 Å². The quantitative estimate of drug-likeness (QED) is 0.508. The van der Waals surface area contributed by atoms with E-state index in [1.54, 1.807) is 18.3 Å². The maximum atomic E-state index is 12.1. The summed E-state index contributed by atoms with van der Waals surface area (Å²) >= 11 is 0. The third kappa shape index (κ3) is 5.36. The van der Waals surface area contributed by atoms with E-state index in [1.165, 1.54) is 6.33 Å². The van der Waals surface area contributed by atoms with Crippen LogP contribution >= 0.6 is 0 Å². The van der Waals surface area contributed by atoms with Gasteiger partial charge in [0.05, 0.1) is 18.2 Å². The maximum absolute atomic E-state index is 12.1. The highest BCUT2D eigenvalue weighted by Crippen LogP contribution is 2.35. The number of nitrogens with zero attached hydrogens (tertiary/aromatic N) is 4. The minimum atomic E-state index is -0.205. The Bertz CT molecular complexity index is 1160. The normalized spacial score (nSPS) is 13.0. The second-order valence-electron chi connectivity index (χ2n) is 7.54. The van der Waals surface area contributed by atoms with Crippen LogP contribution in [0, 0.1) is 11.3 Å². The summed E-state index contributed by atoms with van der Waals surface area (Å²) in [6.45, 7) is 4.09. The predicted octanol–water partition coefficient (Wildman–Crippen LogP) is 3.17. The van der Waals surface area contributed by atoms with Crippen molar-refractivity contribution in [2.45, 2.75) is 19.3 Å². The van der Waals surface area contributed by atoms with Gasteiger partial charge in [0, 0.05) is 48.0 Å². The summed E-state index contributed by atoms with van der Waals surface area (Å²) in [4.78, 5) is 25.0. The standard InChI is InChI=1S/C24H24N6O3/c1-16(19-7-10-27-24-22(19)32-11-12-33-24)14-28-21-13-20(29-15-30-21)17-3-5-18(6-4-17)23(31)26-9-2-8-25/h3-7,10,13,15-16H,2,9,11-12,14H2,1H3,(H,26,31)(H,28,29,30)/t16-/m1/s1. The van der Waals surface area contributed by atoms with Crippen molar-refractivity contribution in [2.75, 3.05) is 31.6 Å². The minimum Gasteiger partial charge on any atom is -0.484 e. The molecule has 2 N–H and O–H groups in total. The van der Waals surface area contributed by atoms with Gasteiger partial charge in [-0.3, -0.25) is 4.79 Å². The Morgan fingerprint density at radius 2 is 1.97 bits per heavy atom. The lowest BCUT2D eigenvalue weighted by Crippen LogP contribution is -2.24. The van der Waals surface area contributed by atoms with Crippen LogP contribution in [0.25, 0.3) is 11.3 Å². The van der Waals surface area contributed by atoms with Gasteiger partial charge in [0.15, 0.2) is 5.75 Å². The molecule has 1 aromatic carbocycles. The largest absolute Gasteiger partial charge is 0.484 e. The summed E-state index contributed by atoms with van der Waals surface area (Å²) in [7, 11) is 0. The molecule has 9 nitrogen and oxygen atoms in total. The fourth-order valence-electron chi connectivity index (χ4n) is 3.47. The van der Waals surface area contributed by atoms with Crippen LogP contribution in [0.1, 0.15) is 35.2 Å². The van der Waals surface area contributed by atoms with Crippen LogP contribution in [-0.2, 0) is 0 Å². The van der Waals surface area contributed by atoms with Gasteiger partial charge in [-0.25, -0.2) is 15.0 Å². The smallest absolute Gasteiger partial charge is 0.257 e. The molecule has 3 heterocycles. The van der Waals surface area contributed by atoms with E-state index in [9.17, 15) is 4.79 Å². The molecule has 33 heavy (non-hydrogen) atoms. The Morgan fingerprint density at radius 3 is 2.79 bits per heavy atom. The molecular weight excluding hydrogens is 420 g/mol. The van der Waals surface area contributed by atoms with Crippen molar-refractivity contribution in [3.63, 3.8) is 0 Å². The molecule has 3 aromatic rings. The van der Waals surface area contributed by atoms with Gasteiger partial charge in [-0.05, 0) is 18.2 Å². The van der Waals surface area contributed by atoms with E-state index >= 15 is 0 Å². The van der Waals surface area contributed by atoms with Crippen molar-refractivity contribution >= 4 is 11.7 Å². The van der Waals surface area contributed by atoms with Crippen LogP contribution in [0.15, 0.2) is 48.9 Å². The lowest BCUT2D eigenvalue weighted by atomic mass is 10.0. The first-order chi connectivity index (χ1) is 16.2. The summed E-state index contributed by atoms with van der Waals surface area (Å²) in [5.41, 5.74) is 3.18. The highest BCUT2D eigenvalue weighted by atomic mass is 16.6. The molecule has 0 spiro atoms. The number of carbonyl (C=O) groups is 1. The molecule has 1 atom stereocenters. The SMILES string of the molecule is C[C@H](CNc1cc(-c2ccc(C(=O)NCCC#N)cc2)ncn1)c1ccnc2c1OCCO2. The Hall–Kier alpha value is -4.19. The number of pyridine rings is 1. The third-order valence-electron chi connectivity index (χ3n) is 5.22. The van der Waals surface area contributed by atoms with E-state index in [2.05, 4.69) is 32.5 Å². The highest BCUT2D eigenvalue weighted by molar-refractivity contribution is 5.94. The second kappa shape index (κ2) is 10.4. The van der Waals surface area contributed by atoms with Crippen LogP contribution in [0.2, 0.25) is 0 Å². The highest BCUT2D eigenvalue weighted by Gasteiger charge is 2.20. The Kier molecular flexibility index (Phi) is 6.95. The Labute approximate surface area is 191 Å². The summed E-state index contributed by atoms with van der Waals surface area (Å²) in [5.74, 6) is 1.88. The summed E-state index contributed by atoms with van der Waals surface area (Å²) in [6.07, 6.45) is 3.52. The zero-order valence-electron chi connectivity index (χ0n) is 18.2. The van der Waals surface area contributed by atoms with Crippen LogP contribution in [-0.4, -0.2) is 47.2 Å².